The van der Waals surface area contributed by atoms with Gasteiger partial charge in [-0.15, -0.1) is 0 Å². The van der Waals surface area contributed by atoms with Crippen LogP contribution in [0.2, 0.25) is 0 Å². The minimum atomic E-state index is -3.90. The van der Waals surface area contributed by atoms with E-state index >= 15 is 0 Å². The van der Waals surface area contributed by atoms with Gasteiger partial charge < -0.3 is 26.1 Å². The van der Waals surface area contributed by atoms with E-state index in [-0.39, 0.29) is 57.0 Å². The number of nitrogens with two attached hydrogens (primary N) is 1. The fourth-order valence-electron chi connectivity index (χ4n) is 5.69. The molecule has 3 aromatic rings. The summed E-state index contributed by atoms with van der Waals surface area (Å²) < 4.78 is 35.2. The largest absolute Gasteiger partial charge is 0.472 e. The maximum absolute atomic E-state index is 13.9. The van der Waals surface area contributed by atoms with Gasteiger partial charge in [-0.1, -0.05) is 31.2 Å². The van der Waals surface area contributed by atoms with Crippen LogP contribution in [-0.2, 0) is 26.2 Å². The van der Waals surface area contributed by atoms with Gasteiger partial charge in [0.1, 0.15) is 11.0 Å². The highest BCUT2D eigenvalue weighted by molar-refractivity contribution is 7.89. The van der Waals surface area contributed by atoms with Gasteiger partial charge in [0.15, 0.2) is 0 Å². The van der Waals surface area contributed by atoms with Gasteiger partial charge in [0.2, 0.25) is 27.7 Å². The molecule has 1 aliphatic heterocycles. The van der Waals surface area contributed by atoms with Crippen molar-refractivity contribution in [1.29, 1.82) is 0 Å². The molecule has 2 atom stereocenters. The van der Waals surface area contributed by atoms with Gasteiger partial charge in [0.25, 0.3) is 0 Å². The van der Waals surface area contributed by atoms with Crippen molar-refractivity contribution < 1.29 is 25.6 Å². The van der Waals surface area contributed by atoms with Crippen molar-refractivity contribution in [3.63, 3.8) is 0 Å². The molecule has 46 heavy (non-hydrogen) atoms. The number of fused-ring (bicyclic) bond motifs is 1. The predicted molar refractivity (Wildman–Crippen MR) is 183 cm³/mol. The van der Waals surface area contributed by atoms with Gasteiger partial charge in [-0.2, -0.15) is 4.31 Å². The Kier molecular flexibility index (Phi) is 11.6. The zero-order valence-electron chi connectivity index (χ0n) is 27.1. The topological polar surface area (TPSA) is 168 Å². The van der Waals surface area contributed by atoms with Crippen LogP contribution in [0.3, 0.4) is 0 Å². The third-order valence-electron chi connectivity index (χ3n) is 8.22. The Morgan fingerprint density at radius 1 is 1.13 bits per heavy atom. The smallest absolute Gasteiger partial charge is 0.248 e. The summed E-state index contributed by atoms with van der Waals surface area (Å²) in [7, 11) is -3.90. The first kappa shape index (κ1) is 34.7. The van der Waals surface area contributed by atoms with E-state index in [1.807, 2.05) is 58.0 Å². The molecular weight excluding hydrogens is 606 g/mol. The molecule has 0 saturated carbocycles. The number of hydrazine groups is 1. The Bertz CT molecular complexity index is 1680. The predicted octanol–water partition coefficient (Wildman–Crippen LogP) is 4.04. The Morgan fingerprint density at radius 2 is 1.89 bits per heavy atom. The second kappa shape index (κ2) is 15.4. The molecule has 0 unspecified atom stereocenters. The molecular formula is C33H49N7O5S. The van der Waals surface area contributed by atoms with Crippen molar-refractivity contribution in [3.05, 3.63) is 76.5 Å². The van der Waals surface area contributed by atoms with Crippen LogP contribution in [0.4, 0.5) is 11.4 Å². The minimum absolute atomic E-state index is 0. The van der Waals surface area contributed by atoms with E-state index in [0.717, 1.165) is 39.2 Å². The van der Waals surface area contributed by atoms with Crippen molar-refractivity contribution in [2.24, 2.45) is 5.84 Å². The average molecular weight is 656 g/mol. The third kappa shape index (κ3) is 7.95. The number of nitrogen functional groups attached to an aromatic ring is 1. The van der Waals surface area contributed by atoms with E-state index in [4.69, 9.17) is 10.6 Å². The van der Waals surface area contributed by atoms with E-state index < -0.39 is 10.0 Å². The average Bonchev–Trinajstić information content (AvgIpc) is 3.13. The molecule has 0 bridgehead atoms. The van der Waals surface area contributed by atoms with Crippen LogP contribution in [0.1, 0.15) is 70.2 Å². The second-order valence-electron chi connectivity index (χ2n) is 11.4. The molecule has 2 aromatic carbocycles. The Labute approximate surface area is 274 Å². The highest BCUT2D eigenvalue weighted by Crippen LogP contribution is 2.38. The zero-order chi connectivity index (χ0) is 33.4. The monoisotopic (exact) mass is 655 g/mol. The number of carbonyl (C=O) groups excluding carboxylic acids is 2. The van der Waals surface area contributed by atoms with E-state index in [0.29, 0.717) is 26.1 Å². The molecule has 6 N–H and O–H groups in total. The van der Waals surface area contributed by atoms with Gasteiger partial charge in [-0.25, -0.2) is 13.4 Å². The molecule has 1 aliphatic rings. The van der Waals surface area contributed by atoms with Crippen LogP contribution in [-0.4, -0.2) is 61.8 Å². The minimum Gasteiger partial charge on any atom is -0.472 e. The van der Waals surface area contributed by atoms with Gasteiger partial charge in [-0.05, 0) is 73.2 Å². The number of benzene rings is 2. The number of nitrogens with zero attached hydrogens (tertiary/aromatic N) is 2. The summed E-state index contributed by atoms with van der Waals surface area (Å²) in [4.78, 5) is 28.8. The Hall–Kier alpha value is -4.20. The van der Waals surface area contributed by atoms with E-state index in [1.54, 1.807) is 6.07 Å². The zero-order valence-corrected chi connectivity index (χ0v) is 28.0. The van der Waals surface area contributed by atoms with Gasteiger partial charge in [0.05, 0.1) is 17.9 Å². The SMILES string of the molecule is CCNc1ccc([C@@H](CC(=O)NCCNC(C)=O)c2ccc(C)c(CN3C[C@@H](CC)Oc4ncccc4S3(=O)=O)c2)c(C)c1NN.[HH].[HH]. The lowest BCUT2D eigenvalue weighted by molar-refractivity contribution is -0.122. The highest BCUT2D eigenvalue weighted by Gasteiger charge is 2.35. The first-order valence-electron chi connectivity index (χ1n) is 15.6. The molecule has 0 spiro atoms. The summed E-state index contributed by atoms with van der Waals surface area (Å²) in [6, 6.07) is 13.0. The lowest BCUT2D eigenvalue weighted by atomic mass is 9.83. The van der Waals surface area contributed by atoms with Crippen LogP contribution in [0, 0.1) is 13.8 Å². The molecule has 0 radical (unpaired) electrons. The summed E-state index contributed by atoms with van der Waals surface area (Å²) in [6.07, 6.45) is 1.91. The number of pyridine rings is 1. The normalized spacial score (nSPS) is 16.3. The van der Waals surface area contributed by atoms with E-state index in [1.165, 1.54) is 23.5 Å². The van der Waals surface area contributed by atoms with E-state index in [2.05, 4.69) is 26.4 Å². The lowest BCUT2D eigenvalue weighted by Crippen LogP contribution is -2.36. The van der Waals surface area contributed by atoms with Crippen molar-refractivity contribution in [2.45, 2.75) is 70.9 Å². The number of hydrogen-bond donors (Lipinski definition) is 5. The molecule has 0 saturated heterocycles. The summed E-state index contributed by atoms with van der Waals surface area (Å²) >= 11 is 0. The molecule has 252 valence electrons. The third-order valence-corrected chi connectivity index (χ3v) is 10.0. The van der Waals surface area contributed by atoms with Crippen LogP contribution in [0.25, 0.3) is 0 Å². The molecule has 1 aromatic heterocycles. The number of anilines is 2. The van der Waals surface area contributed by atoms with Crippen LogP contribution < -0.4 is 32.0 Å². The van der Waals surface area contributed by atoms with E-state index in [9.17, 15) is 18.0 Å². The molecule has 2 heterocycles. The number of carbonyl (C=O) groups is 2. The quantitative estimate of drug-likeness (QED) is 0.104. The number of amides is 2. The molecule has 0 aliphatic carbocycles. The number of hydrogen-bond acceptors (Lipinski definition) is 9. The number of sulfonamides is 1. The van der Waals surface area contributed by atoms with Crippen molar-refractivity contribution >= 4 is 33.2 Å². The van der Waals surface area contributed by atoms with Gasteiger partial charge >= 0.3 is 0 Å². The second-order valence-corrected chi connectivity index (χ2v) is 13.3. The van der Waals surface area contributed by atoms with Crippen LogP contribution in [0.15, 0.2) is 53.6 Å². The lowest BCUT2D eigenvalue weighted by Gasteiger charge is -2.26. The number of nitrogens with one attached hydrogen (secondary N) is 4. The van der Waals surface area contributed by atoms with Crippen LogP contribution >= 0.6 is 0 Å². The van der Waals surface area contributed by atoms with Crippen molar-refractivity contribution in [3.8, 4) is 5.88 Å². The fourth-order valence-corrected chi connectivity index (χ4v) is 7.21. The maximum Gasteiger partial charge on any atom is 0.248 e. The summed E-state index contributed by atoms with van der Waals surface area (Å²) in [6.45, 7) is 10.9. The first-order chi connectivity index (χ1) is 22.0. The number of rotatable bonds is 13. The molecule has 0 fully saturated rings. The maximum atomic E-state index is 13.9. The fraction of sp³-hybridized carbons (Fsp3) is 0.424. The molecule has 13 heteroatoms. The van der Waals surface area contributed by atoms with Crippen molar-refractivity contribution in [2.75, 3.05) is 36.9 Å². The highest BCUT2D eigenvalue weighted by atomic mass is 32.2. The van der Waals surface area contributed by atoms with Gasteiger partial charge in [0, 0.05) is 54.5 Å². The first-order valence-corrected chi connectivity index (χ1v) is 17.0. The molecule has 4 rings (SSSR count). The number of ether oxygens (including phenoxy) is 1. The number of aromatic nitrogens is 1. The standard InChI is InChI=1S/C33H45N7O5S.2H2/c1-6-26-20-40(46(43,44)30-9-8-14-38-33(30)45-26)19-25-17-24(11-10-21(25)3)28(18-31(42)37-16-15-36-23(5)41)27-12-13-29(35-7-2)32(39-34)22(27)4;;/h8-14,17,26,28,35,39H,6-7,15-16,18-20,34H2,1-5H3,(H,36,41)(H,37,42);2*1H/t26-,28+;;/m1../s1. The van der Waals surface area contributed by atoms with Gasteiger partial charge in [-0.3, -0.25) is 15.4 Å². The Morgan fingerprint density at radius 3 is 2.59 bits per heavy atom. The summed E-state index contributed by atoms with van der Waals surface area (Å²) in [5.74, 6) is 5.35. The summed E-state index contributed by atoms with van der Waals surface area (Å²) in [5.41, 5.74) is 8.79. The molecule has 12 nitrogen and oxygen atoms in total. The Balaban J connectivity index is 0.00000400. The number of aryl methyl sites for hydroxylation is 1. The van der Waals surface area contributed by atoms with Crippen molar-refractivity contribution in [1.82, 2.24) is 19.9 Å². The molecule has 2 amide bonds. The van der Waals surface area contributed by atoms with Crippen LogP contribution in [0.5, 0.6) is 5.88 Å². The summed E-state index contributed by atoms with van der Waals surface area (Å²) in [5, 5.41) is 8.91.